The largest absolute Gasteiger partial charge is 0.353 e. The SMILES string of the molecule is CCn1c(S[C@H](C)C(=O)NC(C)C)nc2scc(-c3cccs3)c2c1=O. The van der Waals surface area contributed by atoms with Crippen LogP contribution in [0.5, 0.6) is 0 Å². The Labute approximate surface area is 164 Å². The molecule has 5 nitrogen and oxygen atoms in total. The maximum Gasteiger partial charge on any atom is 0.263 e. The number of hydrogen-bond acceptors (Lipinski definition) is 6. The van der Waals surface area contributed by atoms with E-state index in [0.717, 1.165) is 15.3 Å². The third-order valence-corrected chi connectivity index (χ3v) is 6.71. The fourth-order valence-corrected chi connectivity index (χ4v) is 5.39. The second-order valence-corrected chi connectivity index (χ2v) is 9.29. The molecule has 3 aromatic heterocycles. The Morgan fingerprint density at radius 1 is 1.35 bits per heavy atom. The smallest absolute Gasteiger partial charge is 0.263 e. The highest BCUT2D eigenvalue weighted by molar-refractivity contribution is 8.00. The molecule has 0 bridgehead atoms. The van der Waals surface area contributed by atoms with Crippen LogP contribution in [0.25, 0.3) is 20.7 Å². The van der Waals surface area contributed by atoms with Crippen molar-refractivity contribution in [2.24, 2.45) is 0 Å². The van der Waals surface area contributed by atoms with Crippen molar-refractivity contribution >= 4 is 50.6 Å². The summed E-state index contributed by atoms with van der Waals surface area (Å²) in [6.07, 6.45) is 0. The zero-order chi connectivity index (χ0) is 18.8. The van der Waals surface area contributed by atoms with Crippen molar-refractivity contribution in [2.75, 3.05) is 0 Å². The van der Waals surface area contributed by atoms with Gasteiger partial charge in [0.1, 0.15) is 4.83 Å². The molecule has 138 valence electrons. The van der Waals surface area contributed by atoms with Gasteiger partial charge in [-0.05, 0) is 39.1 Å². The van der Waals surface area contributed by atoms with Crippen LogP contribution in [0.4, 0.5) is 0 Å². The minimum absolute atomic E-state index is 0.0406. The van der Waals surface area contributed by atoms with Gasteiger partial charge in [0.25, 0.3) is 5.56 Å². The van der Waals surface area contributed by atoms with E-state index >= 15 is 0 Å². The molecule has 0 fully saturated rings. The summed E-state index contributed by atoms with van der Waals surface area (Å²) in [5.41, 5.74) is 0.906. The van der Waals surface area contributed by atoms with E-state index in [-0.39, 0.29) is 22.8 Å². The monoisotopic (exact) mass is 407 g/mol. The Kier molecular flexibility index (Phi) is 5.84. The first-order chi connectivity index (χ1) is 12.4. The van der Waals surface area contributed by atoms with E-state index in [1.54, 1.807) is 15.9 Å². The van der Waals surface area contributed by atoms with Crippen LogP contribution in [0.1, 0.15) is 27.7 Å². The molecule has 0 aliphatic heterocycles. The molecule has 8 heteroatoms. The molecular weight excluding hydrogens is 386 g/mol. The highest BCUT2D eigenvalue weighted by Crippen LogP contribution is 2.35. The van der Waals surface area contributed by atoms with Crippen molar-refractivity contribution in [2.45, 2.75) is 50.7 Å². The highest BCUT2D eigenvalue weighted by Gasteiger charge is 2.21. The number of thioether (sulfide) groups is 1. The van der Waals surface area contributed by atoms with Crippen molar-refractivity contribution in [3.8, 4) is 10.4 Å². The van der Waals surface area contributed by atoms with Gasteiger partial charge in [-0.3, -0.25) is 14.2 Å². The molecule has 3 heterocycles. The molecule has 26 heavy (non-hydrogen) atoms. The Bertz CT molecular complexity index is 974. The van der Waals surface area contributed by atoms with Crippen LogP contribution in [-0.2, 0) is 11.3 Å². The van der Waals surface area contributed by atoms with Crippen LogP contribution in [0.3, 0.4) is 0 Å². The third kappa shape index (κ3) is 3.72. The number of carbonyl (C=O) groups is 1. The summed E-state index contributed by atoms with van der Waals surface area (Å²) in [6, 6.07) is 4.08. The zero-order valence-electron chi connectivity index (χ0n) is 15.1. The molecule has 0 aromatic carbocycles. The molecule has 0 saturated heterocycles. The topological polar surface area (TPSA) is 64.0 Å². The number of thiophene rings is 2. The summed E-state index contributed by atoms with van der Waals surface area (Å²) >= 11 is 4.42. The maximum atomic E-state index is 13.1. The van der Waals surface area contributed by atoms with Crippen molar-refractivity contribution in [3.63, 3.8) is 0 Å². The lowest BCUT2D eigenvalue weighted by atomic mass is 10.2. The number of aromatic nitrogens is 2. The summed E-state index contributed by atoms with van der Waals surface area (Å²) in [5.74, 6) is -0.0487. The normalized spacial score (nSPS) is 12.7. The van der Waals surface area contributed by atoms with Gasteiger partial charge in [0, 0.05) is 28.4 Å². The van der Waals surface area contributed by atoms with E-state index in [2.05, 4.69) is 5.32 Å². The number of fused-ring (bicyclic) bond motifs is 1. The first-order valence-corrected chi connectivity index (χ1v) is 11.1. The van der Waals surface area contributed by atoms with Crippen molar-refractivity contribution < 1.29 is 4.79 Å². The Morgan fingerprint density at radius 2 is 2.12 bits per heavy atom. The third-order valence-electron chi connectivity index (χ3n) is 3.84. The Hall–Kier alpha value is -1.64. The summed E-state index contributed by atoms with van der Waals surface area (Å²) < 4.78 is 1.66. The molecule has 3 aromatic rings. The predicted octanol–water partition coefficient (Wildman–Crippen LogP) is 4.21. The molecule has 0 aliphatic rings. The van der Waals surface area contributed by atoms with Crippen LogP contribution in [0, 0.1) is 0 Å². The van der Waals surface area contributed by atoms with Gasteiger partial charge in [0.2, 0.25) is 5.91 Å². The van der Waals surface area contributed by atoms with Crippen LogP contribution < -0.4 is 10.9 Å². The molecule has 0 unspecified atom stereocenters. The average molecular weight is 408 g/mol. The van der Waals surface area contributed by atoms with E-state index < -0.39 is 0 Å². The molecule has 0 saturated carbocycles. The minimum atomic E-state index is -0.323. The molecule has 3 rings (SSSR count). The summed E-state index contributed by atoms with van der Waals surface area (Å²) in [7, 11) is 0. The van der Waals surface area contributed by atoms with Gasteiger partial charge in [-0.15, -0.1) is 22.7 Å². The first-order valence-electron chi connectivity index (χ1n) is 8.45. The summed E-state index contributed by atoms with van der Waals surface area (Å²) in [5, 5.41) is 7.84. The minimum Gasteiger partial charge on any atom is -0.353 e. The van der Waals surface area contributed by atoms with E-state index in [1.165, 1.54) is 23.1 Å². The number of rotatable bonds is 6. The number of nitrogens with zero attached hydrogens (tertiary/aromatic N) is 2. The van der Waals surface area contributed by atoms with E-state index in [4.69, 9.17) is 4.98 Å². The highest BCUT2D eigenvalue weighted by atomic mass is 32.2. The van der Waals surface area contributed by atoms with Gasteiger partial charge in [0.15, 0.2) is 5.16 Å². The van der Waals surface area contributed by atoms with Gasteiger partial charge in [-0.25, -0.2) is 4.98 Å². The van der Waals surface area contributed by atoms with Crippen molar-refractivity contribution in [1.29, 1.82) is 0 Å². The van der Waals surface area contributed by atoms with Gasteiger partial charge in [-0.2, -0.15) is 0 Å². The lowest BCUT2D eigenvalue weighted by Crippen LogP contribution is -2.36. The molecule has 1 N–H and O–H groups in total. The number of nitrogens with one attached hydrogen (secondary N) is 1. The quantitative estimate of drug-likeness (QED) is 0.491. The summed E-state index contributed by atoms with van der Waals surface area (Å²) in [4.78, 5) is 31.8. The Balaban J connectivity index is 2.03. The van der Waals surface area contributed by atoms with Crippen LogP contribution >= 0.6 is 34.4 Å². The molecule has 0 radical (unpaired) electrons. The predicted molar refractivity (Wildman–Crippen MR) is 111 cm³/mol. The standard InChI is InChI=1S/C18H21N3O2S3/c1-5-21-17(23)14-12(13-7-6-8-24-13)9-25-16(14)20-18(21)26-11(4)15(22)19-10(2)3/h6-11H,5H2,1-4H3,(H,19,22)/t11-/m1/s1. The van der Waals surface area contributed by atoms with Gasteiger partial charge < -0.3 is 5.32 Å². The lowest BCUT2D eigenvalue weighted by molar-refractivity contribution is -0.120. The fourth-order valence-electron chi connectivity index (χ4n) is 2.60. The van der Waals surface area contributed by atoms with E-state index in [1.807, 2.05) is 50.6 Å². The fraction of sp³-hybridized carbons (Fsp3) is 0.389. The molecule has 1 atom stereocenters. The molecule has 0 spiro atoms. The van der Waals surface area contributed by atoms with Crippen LogP contribution in [-0.4, -0.2) is 26.8 Å². The maximum absolute atomic E-state index is 13.1. The number of carbonyl (C=O) groups excluding carboxylic acids is 1. The van der Waals surface area contributed by atoms with Crippen molar-refractivity contribution in [3.05, 3.63) is 33.2 Å². The number of hydrogen-bond donors (Lipinski definition) is 1. The van der Waals surface area contributed by atoms with Gasteiger partial charge in [0.05, 0.1) is 10.6 Å². The van der Waals surface area contributed by atoms with E-state index in [0.29, 0.717) is 17.1 Å². The zero-order valence-corrected chi connectivity index (χ0v) is 17.6. The lowest BCUT2D eigenvalue weighted by Gasteiger charge is -2.16. The van der Waals surface area contributed by atoms with Gasteiger partial charge in [-0.1, -0.05) is 17.8 Å². The summed E-state index contributed by atoms with van der Waals surface area (Å²) in [6.45, 7) is 8.14. The second-order valence-electron chi connectivity index (χ2n) is 6.17. The van der Waals surface area contributed by atoms with Crippen LogP contribution in [0.15, 0.2) is 32.8 Å². The molecular formula is C18H21N3O2S3. The van der Waals surface area contributed by atoms with Crippen molar-refractivity contribution in [1.82, 2.24) is 14.9 Å². The Morgan fingerprint density at radius 3 is 2.73 bits per heavy atom. The molecule has 1 amide bonds. The first kappa shape index (κ1) is 19.1. The average Bonchev–Trinajstić information content (AvgIpc) is 3.23. The second kappa shape index (κ2) is 7.94. The van der Waals surface area contributed by atoms with E-state index in [9.17, 15) is 9.59 Å². The van der Waals surface area contributed by atoms with Gasteiger partial charge >= 0.3 is 0 Å². The molecule has 0 aliphatic carbocycles. The van der Waals surface area contributed by atoms with Crippen LogP contribution in [0.2, 0.25) is 0 Å². The number of amides is 1.